The van der Waals surface area contributed by atoms with Gasteiger partial charge in [0, 0.05) is 31.4 Å². The van der Waals surface area contributed by atoms with Gasteiger partial charge in [-0.25, -0.2) is 4.79 Å². The number of carbonyl (C=O) groups is 3. The first-order valence-corrected chi connectivity index (χ1v) is 9.80. The predicted octanol–water partition coefficient (Wildman–Crippen LogP) is 0.830. The van der Waals surface area contributed by atoms with Gasteiger partial charge in [0.25, 0.3) is 0 Å². The van der Waals surface area contributed by atoms with Crippen molar-refractivity contribution in [3.8, 4) is 6.07 Å². The molecular weight excluding hydrogens is 372 g/mol. The molecule has 156 valence electrons. The zero-order valence-corrected chi connectivity index (χ0v) is 16.8. The van der Waals surface area contributed by atoms with E-state index in [0.717, 1.165) is 5.56 Å². The Morgan fingerprint density at radius 3 is 2.76 bits per heavy atom. The molecule has 4 amide bonds. The average Bonchev–Trinajstić information content (AvgIpc) is 3.10. The fraction of sp³-hybridized carbons (Fsp3) is 0.550. The normalized spacial score (nSPS) is 17.7. The number of hydrogen-bond donors (Lipinski definition) is 4. The minimum absolute atomic E-state index is 0.0915. The highest BCUT2D eigenvalue weighted by Crippen LogP contribution is 2.16. The van der Waals surface area contributed by atoms with Crippen molar-refractivity contribution in [2.24, 2.45) is 11.8 Å². The molecule has 3 atom stereocenters. The monoisotopic (exact) mass is 400 g/mol. The van der Waals surface area contributed by atoms with Crippen LogP contribution in [0.2, 0.25) is 0 Å². The lowest BCUT2D eigenvalue weighted by atomic mass is 9.98. The molecule has 0 aromatic carbocycles. The van der Waals surface area contributed by atoms with Crippen molar-refractivity contribution in [3.63, 3.8) is 0 Å². The second-order valence-corrected chi connectivity index (χ2v) is 7.57. The largest absolute Gasteiger partial charge is 0.356 e. The van der Waals surface area contributed by atoms with E-state index in [9.17, 15) is 19.6 Å². The SMILES string of the molecule is CC(C)C[C@H](NC(=O)NCc1cccnc1)C(=O)N[C@H](C#N)C[C@@H]1CCNC1=O. The van der Waals surface area contributed by atoms with E-state index < -0.39 is 24.0 Å². The molecule has 9 heteroatoms. The summed E-state index contributed by atoms with van der Waals surface area (Å²) in [5.74, 6) is -0.643. The third kappa shape index (κ3) is 7.41. The summed E-state index contributed by atoms with van der Waals surface area (Å²) in [5.41, 5.74) is 0.840. The van der Waals surface area contributed by atoms with Crippen molar-refractivity contribution in [2.45, 2.75) is 51.7 Å². The zero-order valence-electron chi connectivity index (χ0n) is 16.8. The first-order chi connectivity index (χ1) is 13.9. The van der Waals surface area contributed by atoms with Gasteiger partial charge in [-0.3, -0.25) is 14.6 Å². The van der Waals surface area contributed by atoms with Crippen molar-refractivity contribution < 1.29 is 14.4 Å². The van der Waals surface area contributed by atoms with Crippen LogP contribution in [0.15, 0.2) is 24.5 Å². The minimum atomic E-state index is -0.786. The number of rotatable bonds is 9. The van der Waals surface area contributed by atoms with Crippen LogP contribution in [-0.2, 0) is 16.1 Å². The summed E-state index contributed by atoms with van der Waals surface area (Å²) in [6.07, 6.45) is 4.63. The number of urea groups is 1. The van der Waals surface area contributed by atoms with Gasteiger partial charge < -0.3 is 21.3 Å². The second kappa shape index (κ2) is 11.0. The van der Waals surface area contributed by atoms with Crippen LogP contribution in [0.4, 0.5) is 4.79 Å². The molecular formula is C20H28N6O3. The maximum Gasteiger partial charge on any atom is 0.315 e. The quantitative estimate of drug-likeness (QED) is 0.487. The van der Waals surface area contributed by atoms with E-state index in [0.29, 0.717) is 19.4 Å². The fourth-order valence-electron chi connectivity index (χ4n) is 3.17. The lowest BCUT2D eigenvalue weighted by Gasteiger charge is -2.22. The Hall–Kier alpha value is -3.15. The van der Waals surface area contributed by atoms with E-state index in [1.807, 2.05) is 26.0 Å². The molecule has 0 radical (unpaired) electrons. The Bertz CT molecular complexity index is 746. The average molecular weight is 400 g/mol. The summed E-state index contributed by atoms with van der Waals surface area (Å²) >= 11 is 0. The van der Waals surface area contributed by atoms with Crippen molar-refractivity contribution in [3.05, 3.63) is 30.1 Å². The van der Waals surface area contributed by atoms with Crippen LogP contribution < -0.4 is 21.3 Å². The summed E-state index contributed by atoms with van der Waals surface area (Å²) in [7, 11) is 0. The van der Waals surface area contributed by atoms with Gasteiger partial charge in [0.15, 0.2) is 0 Å². The lowest BCUT2D eigenvalue weighted by molar-refractivity contribution is -0.125. The first-order valence-electron chi connectivity index (χ1n) is 9.80. The highest BCUT2D eigenvalue weighted by Gasteiger charge is 2.30. The number of nitrogens with one attached hydrogen (secondary N) is 4. The Labute approximate surface area is 170 Å². The van der Waals surface area contributed by atoms with Gasteiger partial charge in [-0.2, -0.15) is 5.26 Å². The van der Waals surface area contributed by atoms with Crippen LogP contribution >= 0.6 is 0 Å². The lowest BCUT2D eigenvalue weighted by Crippen LogP contribution is -2.52. The molecule has 4 N–H and O–H groups in total. The summed E-state index contributed by atoms with van der Waals surface area (Å²) in [4.78, 5) is 40.7. The van der Waals surface area contributed by atoms with E-state index in [-0.39, 0.29) is 30.7 Å². The van der Waals surface area contributed by atoms with E-state index in [1.54, 1.807) is 18.5 Å². The Kier molecular flexibility index (Phi) is 8.40. The highest BCUT2D eigenvalue weighted by atomic mass is 16.2. The molecule has 2 rings (SSSR count). The standard InChI is InChI=1S/C20H28N6O3/c1-13(2)8-17(26-20(29)24-12-14-4-3-6-22-11-14)19(28)25-16(10-21)9-15-5-7-23-18(15)27/h3-4,6,11,13,15-17H,5,7-9,12H2,1-2H3,(H,23,27)(H,25,28)(H2,24,26,29)/t15-,16-,17-/m0/s1. The van der Waals surface area contributed by atoms with Crippen molar-refractivity contribution in [2.75, 3.05) is 6.54 Å². The minimum Gasteiger partial charge on any atom is -0.356 e. The first kappa shape index (κ1) is 22.1. The van der Waals surface area contributed by atoms with Crippen molar-refractivity contribution in [1.29, 1.82) is 5.26 Å². The number of nitrogens with zero attached hydrogens (tertiary/aromatic N) is 2. The van der Waals surface area contributed by atoms with Gasteiger partial charge in [-0.15, -0.1) is 0 Å². The van der Waals surface area contributed by atoms with Crippen LogP contribution in [0.5, 0.6) is 0 Å². The molecule has 2 heterocycles. The summed E-state index contributed by atoms with van der Waals surface area (Å²) in [6, 6.07) is 3.61. The zero-order chi connectivity index (χ0) is 21.2. The Morgan fingerprint density at radius 2 is 2.17 bits per heavy atom. The molecule has 0 unspecified atom stereocenters. The van der Waals surface area contributed by atoms with Crippen molar-refractivity contribution in [1.82, 2.24) is 26.3 Å². The molecule has 1 aliphatic rings. The third-order valence-electron chi connectivity index (χ3n) is 4.66. The fourth-order valence-corrected chi connectivity index (χ4v) is 3.17. The number of nitriles is 1. The van der Waals surface area contributed by atoms with E-state index in [4.69, 9.17) is 0 Å². The summed E-state index contributed by atoms with van der Waals surface area (Å²) in [5, 5.41) is 20.1. The second-order valence-electron chi connectivity index (χ2n) is 7.57. The maximum atomic E-state index is 12.7. The molecule has 1 fully saturated rings. The molecule has 0 bridgehead atoms. The summed E-state index contributed by atoms with van der Waals surface area (Å²) < 4.78 is 0. The molecule has 1 aromatic rings. The van der Waals surface area contributed by atoms with Gasteiger partial charge >= 0.3 is 6.03 Å². The molecule has 0 aliphatic carbocycles. The molecule has 1 aromatic heterocycles. The van der Waals surface area contributed by atoms with Crippen LogP contribution in [-0.4, -0.2) is 41.5 Å². The van der Waals surface area contributed by atoms with Gasteiger partial charge in [0.2, 0.25) is 11.8 Å². The number of hydrogen-bond acceptors (Lipinski definition) is 5. The maximum absolute atomic E-state index is 12.7. The Morgan fingerprint density at radius 1 is 1.38 bits per heavy atom. The van der Waals surface area contributed by atoms with Crippen LogP contribution in [0, 0.1) is 23.2 Å². The number of amides is 4. The molecule has 0 spiro atoms. The smallest absolute Gasteiger partial charge is 0.315 e. The van der Waals surface area contributed by atoms with Crippen LogP contribution in [0.1, 0.15) is 38.7 Å². The van der Waals surface area contributed by atoms with E-state index in [1.165, 1.54) is 0 Å². The van der Waals surface area contributed by atoms with E-state index in [2.05, 4.69) is 26.3 Å². The van der Waals surface area contributed by atoms with Crippen LogP contribution in [0.3, 0.4) is 0 Å². The van der Waals surface area contributed by atoms with Gasteiger partial charge in [0.05, 0.1) is 6.07 Å². The third-order valence-corrected chi connectivity index (χ3v) is 4.66. The van der Waals surface area contributed by atoms with Gasteiger partial charge in [0.1, 0.15) is 12.1 Å². The predicted molar refractivity (Wildman–Crippen MR) is 106 cm³/mol. The van der Waals surface area contributed by atoms with Crippen molar-refractivity contribution >= 4 is 17.8 Å². The summed E-state index contributed by atoms with van der Waals surface area (Å²) in [6.45, 7) is 4.76. The number of pyridine rings is 1. The Balaban J connectivity index is 1.91. The topological polar surface area (TPSA) is 136 Å². The molecule has 9 nitrogen and oxygen atoms in total. The van der Waals surface area contributed by atoms with E-state index >= 15 is 0 Å². The molecule has 1 aliphatic heterocycles. The number of carbonyl (C=O) groups excluding carboxylic acids is 3. The van der Waals surface area contributed by atoms with Gasteiger partial charge in [-0.1, -0.05) is 19.9 Å². The molecule has 0 saturated carbocycles. The highest BCUT2D eigenvalue weighted by molar-refractivity contribution is 5.87. The molecule has 1 saturated heterocycles. The number of aromatic nitrogens is 1. The van der Waals surface area contributed by atoms with Gasteiger partial charge in [-0.05, 0) is 36.8 Å². The van der Waals surface area contributed by atoms with Crippen LogP contribution in [0.25, 0.3) is 0 Å². The molecule has 29 heavy (non-hydrogen) atoms.